The van der Waals surface area contributed by atoms with E-state index in [1.54, 1.807) is 4.90 Å². The quantitative estimate of drug-likeness (QED) is 0.818. The number of hydrogen-bond donors (Lipinski definition) is 1. The molecule has 1 saturated heterocycles. The lowest BCUT2D eigenvalue weighted by Gasteiger charge is -2.16. The highest BCUT2D eigenvalue weighted by molar-refractivity contribution is 7.80. The van der Waals surface area contributed by atoms with Crippen LogP contribution < -0.4 is 5.32 Å². The van der Waals surface area contributed by atoms with Crippen molar-refractivity contribution in [1.29, 1.82) is 0 Å². The van der Waals surface area contributed by atoms with Crippen molar-refractivity contribution < 1.29 is 4.79 Å². The summed E-state index contributed by atoms with van der Waals surface area (Å²) >= 11 is 11.1. The summed E-state index contributed by atoms with van der Waals surface area (Å²) in [6.07, 6.45) is 0. The second-order valence-electron chi connectivity index (χ2n) is 3.66. The first-order chi connectivity index (χ1) is 7.59. The minimum absolute atomic E-state index is 0.00405. The number of thiocarbonyl (C=S) groups is 1. The number of carbonyl (C=O) groups is 1. The van der Waals surface area contributed by atoms with Crippen LogP contribution in [-0.4, -0.2) is 22.5 Å². The maximum absolute atomic E-state index is 11.5. The normalized spacial score (nSPS) is 15.5. The predicted molar refractivity (Wildman–Crippen MR) is 67.3 cm³/mol. The molecule has 1 amide bonds. The van der Waals surface area contributed by atoms with E-state index in [2.05, 4.69) is 5.32 Å². The van der Waals surface area contributed by atoms with Gasteiger partial charge in [-0.05, 0) is 36.3 Å². The number of nitrogens with zero attached hydrogens (tertiary/aromatic N) is 1. The predicted octanol–water partition coefficient (Wildman–Crippen LogP) is 1.87. The van der Waals surface area contributed by atoms with E-state index in [1.807, 2.05) is 25.1 Å². The highest BCUT2D eigenvalue weighted by Crippen LogP contribution is 2.20. The van der Waals surface area contributed by atoms with Gasteiger partial charge in [0, 0.05) is 5.02 Å². The zero-order valence-electron chi connectivity index (χ0n) is 8.79. The van der Waals surface area contributed by atoms with E-state index in [-0.39, 0.29) is 5.91 Å². The molecule has 0 bridgehead atoms. The summed E-state index contributed by atoms with van der Waals surface area (Å²) < 4.78 is 0. The summed E-state index contributed by atoms with van der Waals surface area (Å²) in [5.74, 6) is 0.00405. The first-order valence-corrected chi connectivity index (χ1v) is 5.70. The Bertz CT molecular complexity index is 445. The Hall–Kier alpha value is -1.13. The summed E-state index contributed by atoms with van der Waals surface area (Å²) in [6.45, 7) is 2.71. The Morgan fingerprint density at radius 1 is 1.56 bits per heavy atom. The van der Waals surface area contributed by atoms with E-state index in [4.69, 9.17) is 23.8 Å². The standard InChI is InChI=1S/C11H11ClN2OS/c1-7-8(3-2-4-9(7)12)6-14-10(15)5-13-11(14)16/h2-4H,5-6H2,1H3,(H,13,16). The van der Waals surface area contributed by atoms with Crippen LogP contribution in [0.4, 0.5) is 0 Å². The molecule has 0 aliphatic carbocycles. The highest BCUT2D eigenvalue weighted by Gasteiger charge is 2.25. The van der Waals surface area contributed by atoms with Crippen LogP contribution in [0.2, 0.25) is 5.02 Å². The smallest absolute Gasteiger partial charge is 0.248 e. The maximum atomic E-state index is 11.5. The molecule has 1 fully saturated rings. The van der Waals surface area contributed by atoms with Gasteiger partial charge in [-0.3, -0.25) is 9.69 Å². The van der Waals surface area contributed by atoms with Crippen LogP contribution >= 0.6 is 23.8 Å². The third-order valence-electron chi connectivity index (χ3n) is 2.65. The van der Waals surface area contributed by atoms with Gasteiger partial charge < -0.3 is 5.32 Å². The molecular weight excluding hydrogens is 244 g/mol. The van der Waals surface area contributed by atoms with Crippen LogP contribution in [0, 0.1) is 6.92 Å². The van der Waals surface area contributed by atoms with Crippen LogP contribution in [0.15, 0.2) is 18.2 Å². The summed E-state index contributed by atoms with van der Waals surface area (Å²) in [7, 11) is 0. The molecule has 2 rings (SSSR count). The van der Waals surface area contributed by atoms with Crippen molar-refractivity contribution in [2.24, 2.45) is 0 Å². The third-order valence-corrected chi connectivity index (χ3v) is 3.42. The third kappa shape index (κ3) is 2.03. The Labute approximate surface area is 104 Å². The van der Waals surface area contributed by atoms with Crippen molar-refractivity contribution in [3.63, 3.8) is 0 Å². The molecule has 0 saturated carbocycles. The summed E-state index contributed by atoms with van der Waals surface area (Å²) in [5.41, 5.74) is 2.01. The zero-order chi connectivity index (χ0) is 11.7. The molecule has 1 aromatic rings. The van der Waals surface area contributed by atoms with Crippen molar-refractivity contribution in [2.75, 3.05) is 6.54 Å². The fourth-order valence-corrected chi connectivity index (χ4v) is 2.04. The summed E-state index contributed by atoms with van der Waals surface area (Å²) in [4.78, 5) is 13.1. The van der Waals surface area contributed by atoms with Gasteiger partial charge in [-0.15, -0.1) is 0 Å². The first kappa shape index (κ1) is 11.4. The Kier molecular flexibility index (Phi) is 3.12. The number of nitrogens with one attached hydrogen (secondary N) is 1. The SMILES string of the molecule is Cc1c(Cl)cccc1CN1C(=O)CNC1=S. The summed E-state index contributed by atoms with van der Waals surface area (Å²) in [6, 6.07) is 5.67. The lowest BCUT2D eigenvalue weighted by molar-refractivity contribution is -0.124. The Morgan fingerprint density at radius 2 is 2.31 bits per heavy atom. The highest BCUT2D eigenvalue weighted by atomic mass is 35.5. The van der Waals surface area contributed by atoms with Gasteiger partial charge in [0.25, 0.3) is 0 Å². The van der Waals surface area contributed by atoms with E-state index in [1.165, 1.54) is 0 Å². The summed E-state index contributed by atoms with van der Waals surface area (Å²) in [5, 5.41) is 4.05. The number of carbonyl (C=O) groups excluding carboxylic acids is 1. The van der Waals surface area contributed by atoms with Gasteiger partial charge in [-0.1, -0.05) is 23.7 Å². The fraction of sp³-hybridized carbons (Fsp3) is 0.273. The average Bonchev–Trinajstić information content (AvgIpc) is 2.56. The molecule has 1 N–H and O–H groups in total. The van der Waals surface area contributed by atoms with E-state index in [0.717, 1.165) is 11.1 Å². The second kappa shape index (κ2) is 4.39. The van der Waals surface area contributed by atoms with Gasteiger partial charge >= 0.3 is 0 Å². The van der Waals surface area contributed by atoms with Crippen LogP contribution in [-0.2, 0) is 11.3 Å². The Balaban J connectivity index is 2.24. The number of amides is 1. The van der Waals surface area contributed by atoms with Crippen molar-refractivity contribution in [3.05, 3.63) is 34.3 Å². The molecule has 3 nitrogen and oxygen atoms in total. The van der Waals surface area contributed by atoms with E-state index in [9.17, 15) is 4.79 Å². The number of hydrogen-bond acceptors (Lipinski definition) is 2. The number of halogens is 1. The van der Waals surface area contributed by atoms with Crippen LogP contribution in [0.5, 0.6) is 0 Å². The maximum Gasteiger partial charge on any atom is 0.248 e. The van der Waals surface area contributed by atoms with Crippen molar-refractivity contribution in [1.82, 2.24) is 10.2 Å². The molecule has 0 unspecified atom stereocenters. The molecule has 0 spiro atoms. The zero-order valence-corrected chi connectivity index (χ0v) is 10.4. The van der Waals surface area contributed by atoms with Crippen molar-refractivity contribution in [3.8, 4) is 0 Å². The minimum atomic E-state index is 0.00405. The van der Waals surface area contributed by atoms with Crippen molar-refractivity contribution >= 4 is 34.8 Å². The van der Waals surface area contributed by atoms with E-state index >= 15 is 0 Å². The minimum Gasteiger partial charge on any atom is -0.353 e. The van der Waals surface area contributed by atoms with Gasteiger partial charge in [0.2, 0.25) is 5.91 Å². The van der Waals surface area contributed by atoms with Gasteiger partial charge in [0.05, 0.1) is 13.1 Å². The number of benzene rings is 1. The first-order valence-electron chi connectivity index (χ1n) is 4.92. The molecule has 0 atom stereocenters. The van der Waals surface area contributed by atoms with Crippen LogP contribution in [0.3, 0.4) is 0 Å². The lowest BCUT2D eigenvalue weighted by Crippen LogP contribution is -2.30. The molecule has 0 radical (unpaired) electrons. The monoisotopic (exact) mass is 254 g/mol. The van der Waals surface area contributed by atoms with Gasteiger partial charge in [0.15, 0.2) is 5.11 Å². The number of rotatable bonds is 2. The van der Waals surface area contributed by atoms with Crippen molar-refractivity contribution in [2.45, 2.75) is 13.5 Å². The molecular formula is C11H11ClN2OS. The topological polar surface area (TPSA) is 32.3 Å². The van der Waals surface area contributed by atoms with E-state index < -0.39 is 0 Å². The molecule has 0 aromatic heterocycles. The van der Waals surface area contributed by atoms with Gasteiger partial charge in [-0.2, -0.15) is 0 Å². The molecule has 84 valence electrons. The van der Waals surface area contributed by atoms with Crippen LogP contribution in [0.25, 0.3) is 0 Å². The fourth-order valence-electron chi connectivity index (χ4n) is 1.61. The Morgan fingerprint density at radius 3 is 2.94 bits per heavy atom. The van der Waals surface area contributed by atoms with Gasteiger partial charge in [-0.25, -0.2) is 0 Å². The van der Waals surface area contributed by atoms with Crippen LogP contribution in [0.1, 0.15) is 11.1 Å². The lowest BCUT2D eigenvalue weighted by atomic mass is 10.1. The molecule has 16 heavy (non-hydrogen) atoms. The second-order valence-corrected chi connectivity index (χ2v) is 4.46. The molecule has 1 aromatic carbocycles. The largest absolute Gasteiger partial charge is 0.353 e. The molecule has 5 heteroatoms. The molecule has 1 aliphatic rings. The molecule has 1 heterocycles. The van der Waals surface area contributed by atoms with Gasteiger partial charge in [0.1, 0.15) is 0 Å². The molecule has 1 aliphatic heterocycles. The van der Waals surface area contributed by atoms with E-state index in [0.29, 0.717) is 23.2 Å². The average molecular weight is 255 g/mol.